The standard InChI is InChI=1S/C14H13ClN2O2/c15-10-4-3-9-5-6-16-13(11(9)8-10)17-7-1-2-12(17)14(18)19/h3-6,8,12H,1-2,7H2,(H,18,19). The second kappa shape index (κ2) is 4.70. The van der Waals surface area contributed by atoms with Gasteiger partial charge in [-0.2, -0.15) is 0 Å². The molecule has 0 bridgehead atoms. The van der Waals surface area contributed by atoms with Crippen molar-refractivity contribution in [2.75, 3.05) is 11.4 Å². The molecule has 0 aliphatic carbocycles. The molecule has 0 saturated carbocycles. The van der Waals surface area contributed by atoms with Gasteiger partial charge in [-0.1, -0.05) is 17.7 Å². The predicted octanol–water partition coefficient (Wildman–Crippen LogP) is 2.94. The molecular weight excluding hydrogens is 264 g/mol. The molecule has 0 spiro atoms. The fourth-order valence-corrected chi connectivity index (χ4v) is 2.80. The van der Waals surface area contributed by atoms with Crippen molar-refractivity contribution >= 4 is 34.2 Å². The number of aromatic nitrogens is 1. The quantitative estimate of drug-likeness (QED) is 0.916. The van der Waals surface area contributed by atoms with Gasteiger partial charge in [0.1, 0.15) is 11.9 Å². The van der Waals surface area contributed by atoms with E-state index in [0.29, 0.717) is 17.3 Å². The molecule has 3 rings (SSSR count). The minimum absolute atomic E-state index is 0.489. The molecular formula is C14H13ClN2O2. The molecule has 4 nitrogen and oxygen atoms in total. The number of hydrogen-bond acceptors (Lipinski definition) is 3. The second-order valence-corrected chi connectivity index (χ2v) is 5.13. The molecule has 19 heavy (non-hydrogen) atoms. The number of hydrogen-bond donors (Lipinski definition) is 1. The van der Waals surface area contributed by atoms with Crippen LogP contribution >= 0.6 is 11.6 Å². The van der Waals surface area contributed by atoms with Crippen LogP contribution in [0.5, 0.6) is 0 Å². The summed E-state index contributed by atoms with van der Waals surface area (Å²) < 4.78 is 0. The summed E-state index contributed by atoms with van der Waals surface area (Å²) in [6, 6.07) is 7.01. The van der Waals surface area contributed by atoms with Crippen LogP contribution in [0.15, 0.2) is 30.5 Å². The number of fused-ring (bicyclic) bond motifs is 1. The SMILES string of the molecule is O=C(O)C1CCCN1c1nccc2ccc(Cl)cc12. The Labute approximate surface area is 115 Å². The first kappa shape index (κ1) is 12.2. The third-order valence-electron chi connectivity index (χ3n) is 3.52. The van der Waals surface area contributed by atoms with E-state index in [9.17, 15) is 9.90 Å². The molecule has 1 aromatic carbocycles. The van der Waals surface area contributed by atoms with Crippen molar-refractivity contribution in [3.05, 3.63) is 35.5 Å². The van der Waals surface area contributed by atoms with Crippen LogP contribution in [0.4, 0.5) is 5.82 Å². The first-order valence-electron chi connectivity index (χ1n) is 6.20. The molecule has 1 N–H and O–H groups in total. The van der Waals surface area contributed by atoms with Crippen LogP contribution in [-0.2, 0) is 4.79 Å². The van der Waals surface area contributed by atoms with E-state index < -0.39 is 12.0 Å². The highest BCUT2D eigenvalue weighted by atomic mass is 35.5. The van der Waals surface area contributed by atoms with Crippen LogP contribution in [0.1, 0.15) is 12.8 Å². The zero-order valence-corrected chi connectivity index (χ0v) is 11.0. The van der Waals surface area contributed by atoms with Crippen LogP contribution < -0.4 is 4.90 Å². The Morgan fingerprint density at radius 3 is 3.05 bits per heavy atom. The van der Waals surface area contributed by atoms with E-state index >= 15 is 0 Å². The summed E-state index contributed by atoms with van der Waals surface area (Å²) in [4.78, 5) is 17.5. The molecule has 1 aromatic heterocycles. The van der Waals surface area contributed by atoms with E-state index in [0.717, 1.165) is 23.7 Å². The number of halogens is 1. The zero-order valence-electron chi connectivity index (χ0n) is 10.2. The Morgan fingerprint density at radius 2 is 2.26 bits per heavy atom. The average Bonchev–Trinajstić information content (AvgIpc) is 2.87. The first-order valence-corrected chi connectivity index (χ1v) is 6.58. The lowest BCUT2D eigenvalue weighted by Crippen LogP contribution is -2.36. The Kier molecular flexibility index (Phi) is 3.03. The van der Waals surface area contributed by atoms with Crippen LogP contribution in [-0.4, -0.2) is 28.6 Å². The number of carbonyl (C=O) groups is 1. The number of carboxylic acid groups (broad SMARTS) is 1. The average molecular weight is 277 g/mol. The van der Waals surface area contributed by atoms with Crippen LogP contribution in [0, 0.1) is 0 Å². The number of carboxylic acids is 1. The molecule has 0 amide bonds. The van der Waals surface area contributed by atoms with Gasteiger partial charge in [0.25, 0.3) is 0 Å². The first-order chi connectivity index (χ1) is 9.16. The Hall–Kier alpha value is -1.81. The van der Waals surface area contributed by atoms with E-state index in [1.165, 1.54) is 0 Å². The third kappa shape index (κ3) is 2.12. The van der Waals surface area contributed by atoms with Gasteiger partial charge in [0.15, 0.2) is 0 Å². The minimum Gasteiger partial charge on any atom is -0.480 e. The number of benzene rings is 1. The lowest BCUT2D eigenvalue weighted by molar-refractivity contribution is -0.138. The molecule has 1 fully saturated rings. The lowest BCUT2D eigenvalue weighted by atomic mass is 10.1. The number of pyridine rings is 1. The number of rotatable bonds is 2. The van der Waals surface area contributed by atoms with Gasteiger partial charge in [-0.05, 0) is 36.4 Å². The van der Waals surface area contributed by atoms with Gasteiger partial charge >= 0.3 is 5.97 Å². The normalized spacial score (nSPS) is 19.0. The summed E-state index contributed by atoms with van der Waals surface area (Å²) in [5.41, 5.74) is 0. The van der Waals surface area contributed by atoms with Gasteiger partial charge in [0.2, 0.25) is 0 Å². The molecule has 1 unspecified atom stereocenters. The third-order valence-corrected chi connectivity index (χ3v) is 3.75. The highest BCUT2D eigenvalue weighted by Crippen LogP contribution is 2.31. The summed E-state index contributed by atoms with van der Waals surface area (Å²) in [7, 11) is 0. The fraction of sp³-hybridized carbons (Fsp3) is 0.286. The Morgan fingerprint density at radius 1 is 1.42 bits per heavy atom. The van der Waals surface area contributed by atoms with E-state index in [1.54, 1.807) is 6.20 Å². The van der Waals surface area contributed by atoms with E-state index in [2.05, 4.69) is 4.98 Å². The summed E-state index contributed by atoms with van der Waals surface area (Å²) in [5, 5.41) is 11.8. The van der Waals surface area contributed by atoms with Gasteiger partial charge < -0.3 is 10.0 Å². The fourth-order valence-electron chi connectivity index (χ4n) is 2.63. The van der Waals surface area contributed by atoms with Crippen LogP contribution in [0.3, 0.4) is 0 Å². The number of anilines is 1. The van der Waals surface area contributed by atoms with Crippen molar-refractivity contribution < 1.29 is 9.90 Å². The van der Waals surface area contributed by atoms with E-state index in [4.69, 9.17) is 11.6 Å². The molecule has 1 saturated heterocycles. The maximum atomic E-state index is 11.3. The molecule has 2 aromatic rings. The maximum absolute atomic E-state index is 11.3. The van der Waals surface area contributed by atoms with Gasteiger partial charge in [0.05, 0.1) is 0 Å². The second-order valence-electron chi connectivity index (χ2n) is 4.69. The number of aliphatic carboxylic acids is 1. The summed E-state index contributed by atoms with van der Waals surface area (Å²) >= 11 is 6.03. The molecule has 2 heterocycles. The van der Waals surface area contributed by atoms with Crippen molar-refractivity contribution in [3.8, 4) is 0 Å². The van der Waals surface area contributed by atoms with Crippen molar-refractivity contribution in [1.29, 1.82) is 0 Å². The van der Waals surface area contributed by atoms with E-state index in [1.807, 2.05) is 29.2 Å². The molecule has 0 radical (unpaired) electrons. The summed E-state index contributed by atoms with van der Waals surface area (Å²) in [6.45, 7) is 0.718. The molecule has 1 aliphatic heterocycles. The largest absolute Gasteiger partial charge is 0.480 e. The smallest absolute Gasteiger partial charge is 0.326 e. The van der Waals surface area contributed by atoms with Gasteiger partial charge in [-0.25, -0.2) is 9.78 Å². The summed E-state index contributed by atoms with van der Waals surface area (Å²) in [5.74, 6) is -0.0803. The van der Waals surface area contributed by atoms with Crippen molar-refractivity contribution in [1.82, 2.24) is 4.98 Å². The zero-order chi connectivity index (χ0) is 13.4. The van der Waals surface area contributed by atoms with Crippen LogP contribution in [0.25, 0.3) is 10.8 Å². The lowest BCUT2D eigenvalue weighted by Gasteiger charge is -2.23. The van der Waals surface area contributed by atoms with Gasteiger partial charge in [-0.3, -0.25) is 0 Å². The minimum atomic E-state index is -0.793. The number of nitrogens with zero attached hydrogens (tertiary/aromatic N) is 2. The topological polar surface area (TPSA) is 53.4 Å². The Bertz CT molecular complexity index is 644. The van der Waals surface area contributed by atoms with E-state index in [-0.39, 0.29) is 0 Å². The molecule has 1 atom stereocenters. The van der Waals surface area contributed by atoms with Crippen molar-refractivity contribution in [2.24, 2.45) is 0 Å². The predicted molar refractivity (Wildman–Crippen MR) is 74.8 cm³/mol. The highest BCUT2D eigenvalue weighted by Gasteiger charge is 2.32. The van der Waals surface area contributed by atoms with Crippen molar-refractivity contribution in [2.45, 2.75) is 18.9 Å². The molecule has 5 heteroatoms. The van der Waals surface area contributed by atoms with Gasteiger partial charge in [0, 0.05) is 23.2 Å². The van der Waals surface area contributed by atoms with Gasteiger partial charge in [-0.15, -0.1) is 0 Å². The monoisotopic (exact) mass is 276 g/mol. The Balaban J connectivity index is 2.14. The molecule has 1 aliphatic rings. The van der Waals surface area contributed by atoms with Crippen LogP contribution in [0.2, 0.25) is 5.02 Å². The maximum Gasteiger partial charge on any atom is 0.326 e. The molecule has 98 valence electrons. The highest BCUT2D eigenvalue weighted by molar-refractivity contribution is 6.31. The van der Waals surface area contributed by atoms with Crippen molar-refractivity contribution in [3.63, 3.8) is 0 Å². The summed E-state index contributed by atoms with van der Waals surface area (Å²) in [6.07, 6.45) is 3.24.